The number of hydrogen-bond acceptors (Lipinski definition) is 3. The van der Waals surface area contributed by atoms with Crippen molar-refractivity contribution in [3.8, 4) is 34.4 Å². The maximum atomic E-state index is 9.15. The van der Waals surface area contributed by atoms with Crippen LogP contribution in [-0.4, -0.2) is 26.7 Å². The smallest absolute Gasteiger partial charge is 0.161 e. The lowest BCUT2D eigenvalue weighted by molar-refractivity contribution is 0.541. The van der Waals surface area contributed by atoms with E-state index in [4.69, 9.17) is 10.2 Å². The second-order valence-electron chi connectivity index (χ2n) is 10.0. The molecule has 5 nitrogen and oxygen atoms in total. The van der Waals surface area contributed by atoms with Crippen LogP contribution in [0.2, 0.25) is 0 Å². The molecule has 2 fully saturated rings. The highest BCUT2D eigenvalue weighted by Crippen LogP contribution is 2.42. The summed E-state index contributed by atoms with van der Waals surface area (Å²) in [6.07, 6.45) is 9.65. The molecule has 1 saturated heterocycles. The molecule has 3 aliphatic rings. The van der Waals surface area contributed by atoms with E-state index in [2.05, 4.69) is 57.5 Å². The standard InChI is InChI=1S/C29H27N5/c1-19-16-31-29-28-14-23(21-7-5-20(15-30)6-8-21)17-32(28)18-24-13-25(9-10-27(24)34(19)29)33-12-11-22-3-2-4-26(22)33/h5-10,13-14,16-17,22,26H,2-4,11-12,18H2,1H3/t22-,26-/m0/s1. The van der Waals surface area contributed by atoms with E-state index in [-0.39, 0.29) is 0 Å². The van der Waals surface area contributed by atoms with Gasteiger partial charge in [-0.3, -0.25) is 4.57 Å². The van der Waals surface area contributed by atoms with Crippen molar-refractivity contribution in [2.45, 2.75) is 45.2 Å². The van der Waals surface area contributed by atoms with Crippen molar-refractivity contribution in [1.29, 1.82) is 5.26 Å². The van der Waals surface area contributed by atoms with Gasteiger partial charge >= 0.3 is 0 Å². The van der Waals surface area contributed by atoms with Gasteiger partial charge in [-0.1, -0.05) is 18.6 Å². The second kappa shape index (κ2) is 7.36. The summed E-state index contributed by atoms with van der Waals surface area (Å²) in [5, 5.41) is 9.15. The Labute approximate surface area is 199 Å². The largest absolute Gasteiger partial charge is 0.368 e. The van der Waals surface area contributed by atoms with Gasteiger partial charge in [0.1, 0.15) is 0 Å². The fourth-order valence-electron chi connectivity index (χ4n) is 6.48. The molecule has 0 radical (unpaired) electrons. The lowest BCUT2D eigenvalue weighted by Gasteiger charge is -2.27. The zero-order chi connectivity index (χ0) is 22.8. The maximum absolute atomic E-state index is 9.15. The minimum Gasteiger partial charge on any atom is -0.368 e. The van der Waals surface area contributed by atoms with Gasteiger partial charge in [-0.25, -0.2) is 4.98 Å². The summed E-state index contributed by atoms with van der Waals surface area (Å²) in [6.45, 7) is 4.14. The third kappa shape index (κ3) is 2.88. The molecule has 0 N–H and O–H groups in total. The average Bonchev–Trinajstić information content (AvgIpc) is 3.62. The van der Waals surface area contributed by atoms with Crippen LogP contribution >= 0.6 is 0 Å². The number of aryl methyl sites for hydroxylation is 1. The van der Waals surface area contributed by atoms with Crippen LogP contribution in [0.3, 0.4) is 0 Å². The normalized spacial score (nSPS) is 20.3. The summed E-state index contributed by atoms with van der Waals surface area (Å²) in [4.78, 5) is 7.49. The molecule has 2 aliphatic heterocycles. The first-order valence-corrected chi connectivity index (χ1v) is 12.3. The van der Waals surface area contributed by atoms with Crippen LogP contribution in [0.15, 0.2) is 60.9 Å². The molecular formula is C29H27N5. The summed E-state index contributed by atoms with van der Waals surface area (Å²) < 4.78 is 4.65. The second-order valence-corrected chi connectivity index (χ2v) is 10.0. The summed E-state index contributed by atoms with van der Waals surface area (Å²) in [7, 11) is 0. The van der Waals surface area contributed by atoms with Crippen LogP contribution in [0.5, 0.6) is 0 Å². The van der Waals surface area contributed by atoms with Crippen molar-refractivity contribution < 1.29 is 0 Å². The molecule has 0 unspecified atom stereocenters. The minimum absolute atomic E-state index is 0.684. The summed E-state index contributed by atoms with van der Waals surface area (Å²) in [5.41, 5.74) is 9.17. The molecule has 34 heavy (non-hydrogen) atoms. The first-order valence-electron chi connectivity index (χ1n) is 12.3. The van der Waals surface area contributed by atoms with Crippen LogP contribution in [0.4, 0.5) is 5.69 Å². The predicted octanol–water partition coefficient (Wildman–Crippen LogP) is 5.93. The van der Waals surface area contributed by atoms with Gasteiger partial charge in [0.15, 0.2) is 5.82 Å². The lowest BCUT2D eigenvalue weighted by Crippen LogP contribution is -2.29. The number of fused-ring (bicyclic) bond motifs is 6. The van der Waals surface area contributed by atoms with Crippen LogP contribution < -0.4 is 4.90 Å². The summed E-state index contributed by atoms with van der Waals surface area (Å²) >= 11 is 0. The van der Waals surface area contributed by atoms with E-state index in [0.717, 1.165) is 46.8 Å². The van der Waals surface area contributed by atoms with Crippen molar-refractivity contribution in [1.82, 2.24) is 14.1 Å². The molecule has 168 valence electrons. The van der Waals surface area contributed by atoms with Gasteiger partial charge in [-0.05, 0) is 79.6 Å². The Balaban J connectivity index is 1.34. The summed E-state index contributed by atoms with van der Waals surface area (Å²) in [5.74, 6) is 1.87. The average molecular weight is 446 g/mol. The number of aromatic nitrogens is 3. The van der Waals surface area contributed by atoms with E-state index in [9.17, 15) is 0 Å². The van der Waals surface area contributed by atoms with Gasteiger partial charge in [0.05, 0.1) is 23.0 Å². The molecule has 0 bridgehead atoms. The van der Waals surface area contributed by atoms with Crippen molar-refractivity contribution in [3.05, 3.63) is 77.7 Å². The molecule has 1 saturated carbocycles. The zero-order valence-corrected chi connectivity index (χ0v) is 19.4. The lowest BCUT2D eigenvalue weighted by atomic mass is 10.0. The molecule has 4 heterocycles. The number of benzene rings is 2. The Hall–Kier alpha value is -3.78. The Kier molecular flexibility index (Phi) is 4.26. The SMILES string of the molecule is Cc1cnc2n1-c1ccc(N3CC[C@@H]4CCC[C@@H]43)cc1Cn1cc(-c3ccc(C#N)cc3)cc1-2. The molecule has 1 aliphatic carbocycles. The van der Waals surface area contributed by atoms with Crippen LogP contribution in [0.1, 0.15) is 42.5 Å². The fraction of sp³-hybridized carbons (Fsp3) is 0.310. The maximum Gasteiger partial charge on any atom is 0.161 e. The Bertz CT molecular complexity index is 1450. The quantitative estimate of drug-likeness (QED) is 0.338. The Morgan fingerprint density at radius 1 is 1.00 bits per heavy atom. The van der Waals surface area contributed by atoms with Gasteiger partial charge in [0.2, 0.25) is 0 Å². The predicted molar refractivity (Wildman–Crippen MR) is 134 cm³/mol. The molecule has 0 spiro atoms. The third-order valence-corrected chi connectivity index (χ3v) is 8.15. The highest BCUT2D eigenvalue weighted by atomic mass is 15.2. The van der Waals surface area contributed by atoms with Crippen molar-refractivity contribution in [3.63, 3.8) is 0 Å². The number of rotatable bonds is 2. The first kappa shape index (κ1) is 19.7. The van der Waals surface area contributed by atoms with Crippen molar-refractivity contribution in [2.24, 2.45) is 5.92 Å². The van der Waals surface area contributed by atoms with E-state index in [0.29, 0.717) is 5.56 Å². The van der Waals surface area contributed by atoms with Gasteiger partial charge in [0.25, 0.3) is 0 Å². The zero-order valence-electron chi connectivity index (χ0n) is 19.4. The van der Waals surface area contributed by atoms with Gasteiger partial charge in [0, 0.05) is 48.5 Å². The Morgan fingerprint density at radius 3 is 2.74 bits per heavy atom. The van der Waals surface area contributed by atoms with E-state index < -0.39 is 0 Å². The first-order chi connectivity index (χ1) is 16.7. The van der Waals surface area contributed by atoms with E-state index >= 15 is 0 Å². The van der Waals surface area contributed by atoms with Gasteiger partial charge in [-0.15, -0.1) is 0 Å². The molecular weight excluding hydrogens is 418 g/mol. The monoisotopic (exact) mass is 445 g/mol. The molecule has 0 amide bonds. The molecule has 2 aromatic carbocycles. The van der Waals surface area contributed by atoms with Gasteiger partial charge < -0.3 is 9.47 Å². The third-order valence-electron chi connectivity index (χ3n) is 8.15. The number of imidazole rings is 1. The van der Waals surface area contributed by atoms with Crippen molar-refractivity contribution in [2.75, 3.05) is 11.4 Å². The highest BCUT2D eigenvalue weighted by Gasteiger charge is 2.37. The number of hydrogen-bond donors (Lipinski definition) is 0. The topological polar surface area (TPSA) is 49.8 Å². The fourth-order valence-corrected chi connectivity index (χ4v) is 6.48. The van der Waals surface area contributed by atoms with E-state index in [1.54, 1.807) is 0 Å². The van der Waals surface area contributed by atoms with E-state index in [1.807, 2.05) is 30.5 Å². The van der Waals surface area contributed by atoms with Crippen LogP contribution in [0, 0.1) is 24.2 Å². The number of nitrogens with zero attached hydrogens (tertiary/aromatic N) is 5. The van der Waals surface area contributed by atoms with Crippen LogP contribution in [0.25, 0.3) is 28.3 Å². The van der Waals surface area contributed by atoms with Gasteiger partial charge in [-0.2, -0.15) is 5.26 Å². The highest BCUT2D eigenvalue weighted by molar-refractivity contribution is 5.73. The van der Waals surface area contributed by atoms with E-state index in [1.165, 1.54) is 49.2 Å². The molecule has 2 aromatic heterocycles. The van der Waals surface area contributed by atoms with Crippen molar-refractivity contribution >= 4 is 5.69 Å². The number of anilines is 1. The molecule has 4 aromatic rings. The minimum atomic E-state index is 0.684. The number of nitriles is 1. The molecule has 2 atom stereocenters. The molecule has 7 rings (SSSR count). The Morgan fingerprint density at radius 2 is 1.88 bits per heavy atom. The van der Waals surface area contributed by atoms with Crippen LogP contribution in [-0.2, 0) is 6.54 Å². The molecule has 5 heteroatoms. The summed E-state index contributed by atoms with van der Waals surface area (Å²) in [6, 6.07) is 20.1.